The zero-order valence-electron chi connectivity index (χ0n) is 9.39. The summed E-state index contributed by atoms with van der Waals surface area (Å²) in [6, 6.07) is 1.93. The zero-order valence-corrected chi connectivity index (χ0v) is 9.39. The van der Waals surface area contributed by atoms with E-state index in [1.165, 1.54) is 0 Å². The van der Waals surface area contributed by atoms with Crippen molar-refractivity contribution in [3.63, 3.8) is 0 Å². The van der Waals surface area contributed by atoms with Crippen molar-refractivity contribution in [2.45, 2.75) is 26.4 Å². The second-order valence-electron chi connectivity index (χ2n) is 3.72. The molecular formula is C11H16N4O. The molecule has 0 bridgehead atoms. The quantitative estimate of drug-likeness (QED) is 0.748. The lowest BCUT2D eigenvalue weighted by atomic mass is 10.3. The van der Waals surface area contributed by atoms with Gasteiger partial charge in [-0.25, -0.2) is 4.68 Å². The van der Waals surface area contributed by atoms with Gasteiger partial charge in [-0.3, -0.25) is 0 Å². The van der Waals surface area contributed by atoms with Crippen molar-refractivity contribution < 1.29 is 4.42 Å². The molecule has 0 aliphatic rings. The fraction of sp³-hybridized carbons (Fsp3) is 0.455. The fourth-order valence-corrected chi connectivity index (χ4v) is 1.46. The van der Waals surface area contributed by atoms with Crippen LogP contribution in [0.25, 0.3) is 0 Å². The van der Waals surface area contributed by atoms with Gasteiger partial charge in [0.2, 0.25) is 0 Å². The first-order chi connectivity index (χ1) is 7.88. The van der Waals surface area contributed by atoms with E-state index in [1.54, 1.807) is 12.5 Å². The molecule has 0 amide bonds. The lowest BCUT2D eigenvalue weighted by Crippen LogP contribution is -2.13. The van der Waals surface area contributed by atoms with Crippen LogP contribution in [0.4, 0.5) is 0 Å². The van der Waals surface area contributed by atoms with Gasteiger partial charge in [-0.1, -0.05) is 12.1 Å². The normalized spacial score (nSPS) is 10.8. The predicted octanol–water partition coefficient (Wildman–Crippen LogP) is 1.42. The van der Waals surface area contributed by atoms with Gasteiger partial charge in [0.15, 0.2) is 0 Å². The number of hydrogen-bond acceptors (Lipinski definition) is 4. The Balaban J connectivity index is 1.87. The van der Waals surface area contributed by atoms with Crippen molar-refractivity contribution in [1.29, 1.82) is 0 Å². The molecule has 2 rings (SSSR count). The Morgan fingerprint density at radius 2 is 2.44 bits per heavy atom. The summed E-state index contributed by atoms with van der Waals surface area (Å²) in [7, 11) is 0. The number of hydrogen-bond donors (Lipinski definition) is 1. The van der Waals surface area contributed by atoms with Gasteiger partial charge >= 0.3 is 0 Å². The molecule has 86 valence electrons. The fourth-order valence-electron chi connectivity index (χ4n) is 1.46. The molecule has 0 aliphatic heterocycles. The Kier molecular flexibility index (Phi) is 3.71. The van der Waals surface area contributed by atoms with Crippen molar-refractivity contribution >= 4 is 0 Å². The number of rotatable bonds is 6. The molecule has 2 heterocycles. The van der Waals surface area contributed by atoms with Crippen LogP contribution in [0, 0.1) is 0 Å². The van der Waals surface area contributed by atoms with Crippen LogP contribution in [0.3, 0.4) is 0 Å². The van der Waals surface area contributed by atoms with Crippen molar-refractivity contribution in [1.82, 2.24) is 20.3 Å². The topological polar surface area (TPSA) is 55.9 Å². The van der Waals surface area contributed by atoms with Crippen molar-refractivity contribution in [3.05, 3.63) is 36.0 Å². The molecule has 5 heteroatoms. The van der Waals surface area contributed by atoms with Gasteiger partial charge < -0.3 is 9.73 Å². The molecule has 2 aromatic rings. The molecule has 0 unspecified atom stereocenters. The van der Waals surface area contributed by atoms with Crippen LogP contribution in [0.1, 0.15) is 24.6 Å². The van der Waals surface area contributed by atoms with E-state index in [1.807, 2.05) is 16.9 Å². The lowest BCUT2D eigenvalue weighted by Gasteiger charge is -1.97. The summed E-state index contributed by atoms with van der Waals surface area (Å²) in [6.45, 7) is 4.63. The summed E-state index contributed by atoms with van der Waals surface area (Å²) in [5, 5.41) is 11.4. The summed E-state index contributed by atoms with van der Waals surface area (Å²) in [4.78, 5) is 0. The number of furan rings is 1. The first kappa shape index (κ1) is 10.9. The van der Waals surface area contributed by atoms with Crippen molar-refractivity contribution in [2.75, 3.05) is 6.54 Å². The number of nitrogens with zero attached hydrogens (tertiary/aromatic N) is 3. The van der Waals surface area contributed by atoms with E-state index in [-0.39, 0.29) is 0 Å². The maximum atomic E-state index is 5.00. The largest absolute Gasteiger partial charge is 0.472 e. The molecule has 2 aromatic heterocycles. The Morgan fingerprint density at radius 1 is 1.50 bits per heavy atom. The highest BCUT2D eigenvalue weighted by Gasteiger charge is 2.01. The van der Waals surface area contributed by atoms with Crippen LogP contribution in [-0.2, 0) is 13.1 Å². The first-order valence-electron chi connectivity index (χ1n) is 5.49. The zero-order chi connectivity index (χ0) is 11.2. The summed E-state index contributed by atoms with van der Waals surface area (Å²) < 4.78 is 6.81. The molecule has 5 nitrogen and oxygen atoms in total. The van der Waals surface area contributed by atoms with Gasteiger partial charge in [-0.15, -0.1) is 5.10 Å². The van der Waals surface area contributed by atoms with E-state index in [0.29, 0.717) is 6.54 Å². The predicted molar refractivity (Wildman–Crippen MR) is 59.8 cm³/mol. The summed E-state index contributed by atoms with van der Waals surface area (Å²) in [5.41, 5.74) is 2.06. The molecule has 0 aliphatic carbocycles. The minimum atomic E-state index is 0.706. The van der Waals surface area contributed by atoms with E-state index in [9.17, 15) is 0 Å². The van der Waals surface area contributed by atoms with Crippen LogP contribution >= 0.6 is 0 Å². The summed E-state index contributed by atoms with van der Waals surface area (Å²) in [5.74, 6) is 0. The monoisotopic (exact) mass is 220 g/mol. The Bertz CT molecular complexity index is 407. The van der Waals surface area contributed by atoms with Crippen molar-refractivity contribution in [3.8, 4) is 0 Å². The Hall–Kier alpha value is -1.62. The standard InChI is InChI=1S/C11H16N4O/c1-2-4-12-6-11-8-15(14-13-11)7-10-3-5-16-9-10/h3,5,8-9,12H,2,4,6-7H2,1H3. The molecule has 0 spiro atoms. The molecule has 0 radical (unpaired) electrons. The molecule has 0 aromatic carbocycles. The van der Waals surface area contributed by atoms with Crippen LogP contribution in [0.15, 0.2) is 29.2 Å². The van der Waals surface area contributed by atoms with Crippen LogP contribution in [0.5, 0.6) is 0 Å². The number of nitrogens with one attached hydrogen (secondary N) is 1. The van der Waals surface area contributed by atoms with E-state index in [2.05, 4.69) is 22.6 Å². The second kappa shape index (κ2) is 5.46. The van der Waals surface area contributed by atoms with E-state index in [4.69, 9.17) is 4.42 Å². The van der Waals surface area contributed by atoms with Crippen molar-refractivity contribution in [2.24, 2.45) is 0 Å². The summed E-state index contributed by atoms with van der Waals surface area (Å²) >= 11 is 0. The van der Waals surface area contributed by atoms with Gasteiger partial charge in [-0.05, 0) is 19.0 Å². The van der Waals surface area contributed by atoms with Crippen LogP contribution < -0.4 is 5.32 Å². The smallest absolute Gasteiger partial charge is 0.0964 e. The molecule has 16 heavy (non-hydrogen) atoms. The van der Waals surface area contributed by atoms with E-state index in [0.717, 1.165) is 30.8 Å². The second-order valence-corrected chi connectivity index (χ2v) is 3.72. The molecule has 1 N–H and O–H groups in total. The van der Waals surface area contributed by atoms with Gasteiger partial charge in [0, 0.05) is 12.1 Å². The van der Waals surface area contributed by atoms with E-state index >= 15 is 0 Å². The summed E-state index contributed by atoms with van der Waals surface area (Å²) in [6.07, 6.45) is 6.46. The van der Waals surface area contributed by atoms with Gasteiger partial charge in [0.1, 0.15) is 0 Å². The Morgan fingerprint density at radius 3 is 3.19 bits per heavy atom. The maximum absolute atomic E-state index is 5.00. The Labute approximate surface area is 94.5 Å². The van der Waals surface area contributed by atoms with Crippen LogP contribution in [0.2, 0.25) is 0 Å². The highest BCUT2D eigenvalue weighted by atomic mass is 16.3. The molecular weight excluding hydrogens is 204 g/mol. The van der Waals surface area contributed by atoms with Gasteiger partial charge in [-0.2, -0.15) is 0 Å². The van der Waals surface area contributed by atoms with Gasteiger partial charge in [0.05, 0.1) is 31.0 Å². The molecule has 0 fully saturated rings. The number of aromatic nitrogens is 3. The average molecular weight is 220 g/mol. The highest BCUT2D eigenvalue weighted by Crippen LogP contribution is 2.02. The maximum Gasteiger partial charge on any atom is 0.0964 e. The third-order valence-electron chi connectivity index (χ3n) is 2.24. The molecule has 0 saturated carbocycles. The minimum Gasteiger partial charge on any atom is -0.472 e. The third-order valence-corrected chi connectivity index (χ3v) is 2.24. The average Bonchev–Trinajstić information content (AvgIpc) is 2.91. The van der Waals surface area contributed by atoms with Crippen LogP contribution in [-0.4, -0.2) is 21.5 Å². The van der Waals surface area contributed by atoms with E-state index < -0.39 is 0 Å². The lowest BCUT2D eigenvalue weighted by molar-refractivity contribution is 0.558. The first-order valence-corrected chi connectivity index (χ1v) is 5.49. The highest BCUT2D eigenvalue weighted by molar-refractivity contribution is 5.06. The third kappa shape index (κ3) is 2.93. The minimum absolute atomic E-state index is 0.706. The molecule has 0 saturated heterocycles. The molecule has 0 atom stereocenters. The SMILES string of the molecule is CCCNCc1cn(Cc2ccoc2)nn1. The van der Waals surface area contributed by atoms with Gasteiger partial charge in [0.25, 0.3) is 0 Å².